The Morgan fingerprint density at radius 3 is 2.62 bits per heavy atom. The van der Waals surface area contributed by atoms with Gasteiger partial charge in [-0.2, -0.15) is 5.10 Å². The van der Waals surface area contributed by atoms with Crippen LogP contribution in [0, 0.1) is 10.1 Å². The van der Waals surface area contributed by atoms with E-state index in [0.29, 0.717) is 16.6 Å². The molecule has 0 saturated carbocycles. The molecule has 3 rings (SSSR count). The van der Waals surface area contributed by atoms with Crippen molar-refractivity contribution in [2.45, 2.75) is 6.54 Å². The van der Waals surface area contributed by atoms with Gasteiger partial charge in [0.1, 0.15) is 5.02 Å². The first kappa shape index (κ1) is 20.9. The molecule has 1 N–H and O–H groups in total. The molecule has 3 aromatic rings. The van der Waals surface area contributed by atoms with E-state index in [2.05, 4.69) is 10.4 Å². The van der Waals surface area contributed by atoms with Crippen molar-refractivity contribution in [3.8, 4) is 5.75 Å². The molecule has 0 unspecified atom stereocenters. The number of nitrogens with one attached hydrogen (secondary N) is 1. The number of methoxy groups -OCH3 is 1. The van der Waals surface area contributed by atoms with Crippen LogP contribution in [-0.2, 0) is 6.54 Å². The Kier molecular flexibility index (Phi) is 6.26. The molecule has 29 heavy (non-hydrogen) atoms. The van der Waals surface area contributed by atoms with E-state index in [9.17, 15) is 14.9 Å². The standard InChI is InChI=1S/C18H13Cl3N4O4/c1-29-16-5-3-10(6-15(16)25(27)28)18(26)22-17-14(21)9-24(23-17)8-11-2-4-12(19)7-13(11)20/h2-7,9H,8H2,1H3,(H,22,23,26). The van der Waals surface area contributed by atoms with Crippen LogP contribution in [0.25, 0.3) is 0 Å². The summed E-state index contributed by atoms with van der Waals surface area (Å²) >= 11 is 18.2. The van der Waals surface area contributed by atoms with Gasteiger partial charge < -0.3 is 10.1 Å². The molecule has 11 heteroatoms. The van der Waals surface area contributed by atoms with Crippen LogP contribution < -0.4 is 10.1 Å². The summed E-state index contributed by atoms with van der Waals surface area (Å²) in [5, 5.41) is 19.1. The summed E-state index contributed by atoms with van der Waals surface area (Å²) in [6, 6.07) is 8.94. The summed E-state index contributed by atoms with van der Waals surface area (Å²) in [5.74, 6) is -0.443. The Morgan fingerprint density at radius 2 is 1.97 bits per heavy atom. The van der Waals surface area contributed by atoms with Gasteiger partial charge in [-0.25, -0.2) is 0 Å². The third-order valence-electron chi connectivity index (χ3n) is 3.93. The SMILES string of the molecule is COc1ccc(C(=O)Nc2nn(Cc3ccc(Cl)cc3Cl)cc2Cl)cc1[N+](=O)[O-]. The molecule has 0 aliphatic carbocycles. The lowest BCUT2D eigenvalue weighted by Gasteiger charge is -2.06. The van der Waals surface area contributed by atoms with Crippen molar-refractivity contribution in [2.24, 2.45) is 0 Å². The molecule has 0 atom stereocenters. The van der Waals surface area contributed by atoms with E-state index in [1.807, 2.05) is 0 Å². The minimum absolute atomic E-state index is 0.0497. The number of hydrogen-bond donors (Lipinski definition) is 1. The fourth-order valence-corrected chi connectivity index (χ4v) is 3.21. The molecule has 1 aromatic heterocycles. The molecule has 150 valence electrons. The van der Waals surface area contributed by atoms with Crippen molar-refractivity contribution in [3.05, 3.63) is 78.9 Å². The zero-order valence-electron chi connectivity index (χ0n) is 14.9. The highest BCUT2D eigenvalue weighted by molar-refractivity contribution is 6.35. The van der Waals surface area contributed by atoms with E-state index in [4.69, 9.17) is 39.5 Å². The van der Waals surface area contributed by atoms with Gasteiger partial charge >= 0.3 is 5.69 Å². The van der Waals surface area contributed by atoms with Crippen LogP contribution in [-0.4, -0.2) is 27.7 Å². The molecule has 0 aliphatic heterocycles. The third-order valence-corrected chi connectivity index (χ3v) is 4.80. The molecular formula is C18H13Cl3N4O4. The number of nitro benzene ring substituents is 1. The predicted molar refractivity (Wildman–Crippen MR) is 110 cm³/mol. The van der Waals surface area contributed by atoms with E-state index in [-0.39, 0.29) is 27.8 Å². The zero-order valence-corrected chi connectivity index (χ0v) is 17.1. The summed E-state index contributed by atoms with van der Waals surface area (Å²) in [4.78, 5) is 23.0. The number of carbonyl (C=O) groups is 1. The summed E-state index contributed by atoms with van der Waals surface area (Å²) in [5.41, 5.74) is 0.497. The number of ether oxygens (including phenoxy) is 1. The molecule has 8 nitrogen and oxygen atoms in total. The van der Waals surface area contributed by atoms with Gasteiger partial charge in [0.25, 0.3) is 5.91 Å². The Morgan fingerprint density at radius 1 is 1.21 bits per heavy atom. The van der Waals surface area contributed by atoms with Gasteiger partial charge in [0, 0.05) is 27.9 Å². The van der Waals surface area contributed by atoms with E-state index >= 15 is 0 Å². The van der Waals surface area contributed by atoms with Gasteiger partial charge in [-0.15, -0.1) is 0 Å². The first-order valence-corrected chi connectivity index (χ1v) is 9.22. The number of aromatic nitrogens is 2. The van der Waals surface area contributed by atoms with Crippen LogP contribution in [0.3, 0.4) is 0 Å². The summed E-state index contributed by atoms with van der Waals surface area (Å²) in [6.07, 6.45) is 1.53. The largest absolute Gasteiger partial charge is 0.490 e. The second kappa shape index (κ2) is 8.69. The van der Waals surface area contributed by atoms with Crippen LogP contribution in [0.1, 0.15) is 15.9 Å². The van der Waals surface area contributed by atoms with Crippen molar-refractivity contribution in [2.75, 3.05) is 12.4 Å². The number of amides is 1. The second-order valence-electron chi connectivity index (χ2n) is 5.86. The van der Waals surface area contributed by atoms with E-state index in [1.165, 1.54) is 30.1 Å². The highest BCUT2D eigenvalue weighted by atomic mass is 35.5. The van der Waals surface area contributed by atoms with E-state index < -0.39 is 10.8 Å². The molecular weight excluding hydrogens is 443 g/mol. The van der Waals surface area contributed by atoms with Gasteiger partial charge in [-0.1, -0.05) is 40.9 Å². The molecule has 0 radical (unpaired) electrons. The van der Waals surface area contributed by atoms with Gasteiger partial charge in [-0.05, 0) is 29.8 Å². The topological polar surface area (TPSA) is 99.3 Å². The highest BCUT2D eigenvalue weighted by Crippen LogP contribution is 2.29. The Balaban J connectivity index is 1.79. The van der Waals surface area contributed by atoms with Gasteiger partial charge in [-0.3, -0.25) is 19.6 Å². The molecule has 0 saturated heterocycles. The van der Waals surface area contributed by atoms with E-state index in [1.54, 1.807) is 18.2 Å². The summed E-state index contributed by atoms with van der Waals surface area (Å²) in [6.45, 7) is 0.305. The molecule has 0 bridgehead atoms. The molecule has 1 heterocycles. The highest BCUT2D eigenvalue weighted by Gasteiger charge is 2.19. The van der Waals surface area contributed by atoms with Crippen molar-refractivity contribution in [1.29, 1.82) is 0 Å². The van der Waals surface area contributed by atoms with Gasteiger partial charge in [0.15, 0.2) is 11.6 Å². The quantitative estimate of drug-likeness (QED) is 0.414. The smallest absolute Gasteiger partial charge is 0.311 e. The normalized spacial score (nSPS) is 10.6. The Hall–Kier alpha value is -2.81. The van der Waals surface area contributed by atoms with Crippen molar-refractivity contribution < 1.29 is 14.5 Å². The van der Waals surface area contributed by atoms with Crippen LogP contribution in [0.5, 0.6) is 5.75 Å². The molecule has 0 spiro atoms. The molecule has 1 amide bonds. The first-order valence-electron chi connectivity index (χ1n) is 8.09. The minimum Gasteiger partial charge on any atom is -0.490 e. The van der Waals surface area contributed by atoms with Crippen LogP contribution in [0.4, 0.5) is 11.5 Å². The zero-order chi connectivity index (χ0) is 21.1. The number of carbonyl (C=O) groups excluding carboxylic acids is 1. The number of rotatable bonds is 6. The van der Waals surface area contributed by atoms with Crippen LogP contribution in [0.15, 0.2) is 42.6 Å². The number of benzene rings is 2. The Labute approximate surface area is 180 Å². The van der Waals surface area contributed by atoms with Crippen molar-refractivity contribution >= 4 is 52.2 Å². The summed E-state index contributed by atoms with van der Waals surface area (Å²) < 4.78 is 6.43. The summed E-state index contributed by atoms with van der Waals surface area (Å²) in [7, 11) is 1.31. The number of halogens is 3. The molecule has 0 aliphatic rings. The lowest BCUT2D eigenvalue weighted by molar-refractivity contribution is -0.385. The van der Waals surface area contributed by atoms with Crippen LogP contribution in [0.2, 0.25) is 15.1 Å². The number of anilines is 1. The Bertz CT molecular complexity index is 1100. The van der Waals surface area contributed by atoms with Gasteiger partial charge in [0.05, 0.1) is 18.6 Å². The predicted octanol–water partition coefficient (Wildman–Crippen LogP) is 5.06. The average Bonchev–Trinajstić information content (AvgIpc) is 3.02. The average molecular weight is 456 g/mol. The number of nitro groups is 1. The van der Waals surface area contributed by atoms with Crippen molar-refractivity contribution in [3.63, 3.8) is 0 Å². The number of hydrogen-bond acceptors (Lipinski definition) is 5. The van der Waals surface area contributed by atoms with Crippen LogP contribution >= 0.6 is 34.8 Å². The lowest BCUT2D eigenvalue weighted by atomic mass is 10.1. The maximum atomic E-state index is 12.5. The van der Waals surface area contributed by atoms with Gasteiger partial charge in [0.2, 0.25) is 0 Å². The van der Waals surface area contributed by atoms with Crippen molar-refractivity contribution in [1.82, 2.24) is 9.78 Å². The molecule has 0 fully saturated rings. The third kappa shape index (κ3) is 4.79. The van der Waals surface area contributed by atoms with E-state index in [0.717, 1.165) is 11.6 Å². The second-order valence-corrected chi connectivity index (χ2v) is 7.11. The minimum atomic E-state index is -0.632. The lowest BCUT2D eigenvalue weighted by Crippen LogP contribution is -2.13. The maximum Gasteiger partial charge on any atom is 0.311 e. The fourth-order valence-electron chi connectivity index (χ4n) is 2.54. The monoisotopic (exact) mass is 454 g/mol. The fraction of sp³-hybridized carbons (Fsp3) is 0.111. The first-order chi connectivity index (χ1) is 13.8. The maximum absolute atomic E-state index is 12.5. The number of nitrogens with zero attached hydrogens (tertiary/aromatic N) is 3. The molecule has 2 aromatic carbocycles.